The Morgan fingerprint density at radius 2 is 1.91 bits per heavy atom. The fraction of sp³-hybridized carbons (Fsp3) is 0.533. The van der Waals surface area contributed by atoms with Crippen LogP contribution < -0.4 is 5.73 Å². The third kappa shape index (κ3) is 7.56. The van der Waals surface area contributed by atoms with Gasteiger partial charge in [-0.3, -0.25) is 9.69 Å². The number of carboxylic acids is 1. The van der Waals surface area contributed by atoms with Crippen LogP contribution in [0.3, 0.4) is 0 Å². The number of hydrogen-bond acceptors (Lipinski definition) is 5. The van der Waals surface area contributed by atoms with Crippen LogP contribution in [-0.2, 0) is 11.3 Å². The van der Waals surface area contributed by atoms with E-state index in [1.165, 1.54) is 0 Å². The van der Waals surface area contributed by atoms with Gasteiger partial charge in [0, 0.05) is 32.1 Å². The maximum atomic E-state index is 10.8. The third-order valence-electron chi connectivity index (χ3n) is 3.61. The summed E-state index contributed by atoms with van der Waals surface area (Å²) < 4.78 is 0. The van der Waals surface area contributed by atoms with Gasteiger partial charge in [0.1, 0.15) is 0 Å². The van der Waals surface area contributed by atoms with Gasteiger partial charge in [0.2, 0.25) is 0 Å². The van der Waals surface area contributed by atoms with E-state index in [1.54, 1.807) is 0 Å². The highest BCUT2D eigenvalue weighted by molar-refractivity contribution is 6.40. The second-order valence-corrected chi connectivity index (χ2v) is 5.39. The van der Waals surface area contributed by atoms with E-state index in [9.17, 15) is 4.79 Å². The second-order valence-electron chi connectivity index (χ2n) is 5.39. The van der Waals surface area contributed by atoms with Crippen LogP contribution in [0.25, 0.3) is 0 Å². The maximum Gasteiger partial charge on any atom is 0.451 e. The van der Waals surface area contributed by atoms with Gasteiger partial charge < -0.3 is 20.9 Å². The van der Waals surface area contributed by atoms with Gasteiger partial charge >= 0.3 is 13.1 Å². The number of carbonyl (C=O) groups is 1. The first-order chi connectivity index (χ1) is 10.5. The Kier molecular flexibility index (Phi) is 8.76. The molecule has 0 aliphatic carbocycles. The number of nitrogens with two attached hydrogens (primary N) is 1. The summed E-state index contributed by atoms with van der Waals surface area (Å²) in [6, 6.07) is 9.85. The predicted molar refractivity (Wildman–Crippen MR) is 86.2 cm³/mol. The zero-order valence-corrected chi connectivity index (χ0v) is 12.8. The monoisotopic (exact) mass is 308 g/mol. The average Bonchev–Trinajstić information content (AvgIpc) is 2.47. The average molecular weight is 308 g/mol. The van der Waals surface area contributed by atoms with Crippen molar-refractivity contribution in [2.45, 2.75) is 38.2 Å². The summed E-state index contributed by atoms with van der Waals surface area (Å²) in [5.41, 5.74) is 6.80. The molecule has 1 unspecified atom stereocenters. The summed E-state index contributed by atoms with van der Waals surface area (Å²) in [5.74, 6) is -0.845. The van der Waals surface area contributed by atoms with E-state index < -0.39 is 13.1 Å². The Bertz CT molecular complexity index is 431. The van der Waals surface area contributed by atoms with Crippen LogP contribution >= 0.6 is 0 Å². The van der Waals surface area contributed by atoms with Crippen molar-refractivity contribution in [1.82, 2.24) is 4.90 Å². The highest BCUT2D eigenvalue weighted by Gasteiger charge is 2.21. The van der Waals surface area contributed by atoms with E-state index in [4.69, 9.17) is 20.9 Å². The van der Waals surface area contributed by atoms with E-state index in [0.29, 0.717) is 32.5 Å². The first kappa shape index (κ1) is 18.6. The molecule has 0 radical (unpaired) electrons. The molecule has 7 heteroatoms. The van der Waals surface area contributed by atoms with Gasteiger partial charge in [-0.25, -0.2) is 0 Å². The normalized spacial score (nSPS) is 12.4. The van der Waals surface area contributed by atoms with Crippen LogP contribution in [0.1, 0.15) is 24.8 Å². The van der Waals surface area contributed by atoms with Crippen molar-refractivity contribution in [3.8, 4) is 0 Å². The van der Waals surface area contributed by atoms with Gasteiger partial charge in [0.25, 0.3) is 0 Å². The number of rotatable bonds is 11. The van der Waals surface area contributed by atoms with Gasteiger partial charge in [-0.2, -0.15) is 0 Å². The molecule has 22 heavy (non-hydrogen) atoms. The molecule has 0 aliphatic rings. The van der Waals surface area contributed by atoms with Gasteiger partial charge in [-0.05, 0) is 24.7 Å². The van der Waals surface area contributed by atoms with Crippen molar-refractivity contribution in [3.05, 3.63) is 35.9 Å². The molecule has 122 valence electrons. The Morgan fingerprint density at radius 1 is 1.23 bits per heavy atom. The fourth-order valence-electron chi connectivity index (χ4n) is 2.52. The van der Waals surface area contributed by atoms with Gasteiger partial charge in [-0.1, -0.05) is 30.3 Å². The largest absolute Gasteiger partial charge is 0.481 e. The van der Waals surface area contributed by atoms with E-state index in [-0.39, 0.29) is 18.8 Å². The van der Waals surface area contributed by atoms with Crippen molar-refractivity contribution < 1.29 is 19.9 Å². The maximum absolute atomic E-state index is 10.8. The molecule has 0 bridgehead atoms. The quantitative estimate of drug-likeness (QED) is 0.445. The summed E-state index contributed by atoms with van der Waals surface area (Å²) in [4.78, 5) is 13.0. The molecule has 0 fully saturated rings. The first-order valence-corrected chi connectivity index (χ1v) is 7.59. The fourth-order valence-corrected chi connectivity index (χ4v) is 2.52. The highest BCUT2D eigenvalue weighted by atomic mass is 16.4. The summed E-state index contributed by atoms with van der Waals surface area (Å²) in [6.07, 6.45) is 1.27. The topological polar surface area (TPSA) is 107 Å². The molecule has 0 heterocycles. The Morgan fingerprint density at radius 3 is 2.45 bits per heavy atom. The number of hydrogen-bond donors (Lipinski definition) is 4. The number of benzene rings is 1. The molecule has 1 aromatic carbocycles. The second kappa shape index (κ2) is 10.3. The van der Waals surface area contributed by atoms with Crippen LogP contribution in [0.5, 0.6) is 0 Å². The number of nitrogens with zero attached hydrogens (tertiary/aromatic N) is 1. The molecule has 0 spiro atoms. The lowest BCUT2D eigenvalue weighted by Crippen LogP contribution is -2.39. The smallest absolute Gasteiger partial charge is 0.451 e. The van der Waals surface area contributed by atoms with Crippen molar-refractivity contribution >= 4 is 13.1 Å². The molecule has 1 aromatic rings. The van der Waals surface area contributed by atoms with Gasteiger partial charge in [-0.15, -0.1) is 0 Å². The molecule has 5 N–H and O–H groups in total. The molecule has 0 saturated heterocycles. The van der Waals surface area contributed by atoms with Crippen molar-refractivity contribution in [3.63, 3.8) is 0 Å². The Labute approximate surface area is 131 Å². The molecule has 0 aliphatic heterocycles. The zero-order valence-electron chi connectivity index (χ0n) is 12.8. The Hall–Kier alpha value is -1.41. The van der Waals surface area contributed by atoms with E-state index in [2.05, 4.69) is 4.90 Å². The third-order valence-corrected chi connectivity index (χ3v) is 3.61. The SMILES string of the molecule is NCCN(Cc1ccccc1)C(CCB(O)O)CCC(=O)O. The standard InChI is InChI=1S/C15H25BN2O4/c17-10-11-18(12-13-4-2-1-3-5-13)14(6-7-15(19)20)8-9-16(21)22/h1-5,14,21-22H,6-12,17H2,(H,19,20). The lowest BCUT2D eigenvalue weighted by atomic mass is 9.81. The lowest BCUT2D eigenvalue weighted by molar-refractivity contribution is -0.137. The van der Waals surface area contributed by atoms with Gasteiger partial charge in [0.05, 0.1) is 0 Å². The lowest BCUT2D eigenvalue weighted by Gasteiger charge is -2.31. The Balaban J connectivity index is 2.74. The summed E-state index contributed by atoms with van der Waals surface area (Å²) in [6.45, 7) is 1.78. The molecular weight excluding hydrogens is 283 g/mol. The molecular formula is C15H25BN2O4. The summed E-state index contributed by atoms with van der Waals surface area (Å²) >= 11 is 0. The van der Waals surface area contributed by atoms with Crippen molar-refractivity contribution in [1.29, 1.82) is 0 Å². The van der Waals surface area contributed by atoms with E-state index in [0.717, 1.165) is 5.56 Å². The molecule has 6 nitrogen and oxygen atoms in total. The van der Waals surface area contributed by atoms with Crippen LogP contribution in [0.15, 0.2) is 30.3 Å². The van der Waals surface area contributed by atoms with E-state index >= 15 is 0 Å². The first-order valence-electron chi connectivity index (χ1n) is 7.59. The molecule has 0 aromatic heterocycles. The van der Waals surface area contributed by atoms with Gasteiger partial charge in [0.15, 0.2) is 0 Å². The minimum absolute atomic E-state index is 0.0401. The van der Waals surface area contributed by atoms with Crippen molar-refractivity contribution in [2.75, 3.05) is 13.1 Å². The van der Waals surface area contributed by atoms with Crippen LogP contribution in [0.4, 0.5) is 0 Å². The number of aliphatic carboxylic acids is 1. The van der Waals surface area contributed by atoms with Crippen molar-refractivity contribution in [2.24, 2.45) is 5.73 Å². The summed E-state index contributed by atoms with van der Waals surface area (Å²) in [5, 5.41) is 27.1. The summed E-state index contributed by atoms with van der Waals surface area (Å²) in [7, 11) is -1.37. The minimum atomic E-state index is -1.37. The van der Waals surface area contributed by atoms with Crippen LogP contribution in [0.2, 0.25) is 6.32 Å². The van der Waals surface area contributed by atoms with E-state index in [1.807, 2.05) is 30.3 Å². The molecule has 0 amide bonds. The van der Waals surface area contributed by atoms with Crippen LogP contribution in [0, 0.1) is 0 Å². The molecule has 1 rings (SSSR count). The van der Waals surface area contributed by atoms with Crippen LogP contribution in [-0.4, -0.2) is 52.3 Å². The number of carboxylic acid groups (broad SMARTS) is 1. The predicted octanol–water partition coefficient (Wildman–Crippen LogP) is 0.544. The minimum Gasteiger partial charge on any atom is -0.481 e. The zero-order chi connectivity index (χ0) is 16.4. The molecule has 1 atom stereocenters. The molecule has 0 saturated carbocycles. The highest BCUT2D eigenvalue weighted by Crippen LogP contribution is 2.17.